The van der Waals surface area contributed by atoms with Gasteiger partial charge >= 0.3 is 0 Å². The number of amides is 1. The molecular weight excluding hydrogens is 286 g/mol. The topological polar surface area (TPSA) is 77.2 Å². The van der Waals surface area contributed by atoms with Crippen molar-refractivity contribution in [1.29, 1.82) is 0 Å². The van der Waals surface area contributed by atoms with Crippen molar-refractivity contribution in [2.45, 2.75) is 19.3 Å². The number of rotatable bonds is 6. The van der Waals surface area contributed by atoms with Crippen molar-refractivity contribution in [3.05, 3.63) is 23.8 Å². The van der Waals surface area contributed by atoms with Gasteiger partial charge in [0.1, 0.15) is 0 Å². The Morgan fingerprint density at radius 1 is 1.52 bits per heavy atom. The number of aromatic nitrogens is 1. The van der Waals surface area contributed by atoms with E-state index in [9.17, 15) is 4.79 Å². The quantitative estimate of drug-likeness (QED) is 0.859. The number of hydrogen-bond donors (Lipinski definition) is 2. The molecule has 2 aromatic rings. The van der Waals surface area contributed by atoms with Crippen LogP contribution in [-0.2, 0) is 4.74 Å². The molecule has 0 aliphatic heterocycles. The number of hydrogen-bond acceptors (Lipinski definition) is 5. The van der Waals surface area contributed by atoms with Crippen LogP contribution >= 0.6 is 11.3 Å². The molecule has 1 aromatic carbocycles. The van der Waals surface area contributed by atoms with E-state index in [2.05, 4.69) is 10.3 Å². The van der Waals surface area contributed by atoms with Gasteiger partial charge in [0, 0.05) is 25.8 Å². The number of ether oxygens (including phenoxy) is 1. The highest BCUT2D eigenvalue weighted by Crippen LogP contribution is 2.48. The Balaban J connectivity index is 1.64. The maximum absolute atomic E-state index is 12.3. The largest absolute Gasteiger partial charge is 0.385 e. The Kier molecular flexibility index (Phi) is 3.82. The Morgan fingerprint density at radius 3 is 3.05 bits per heavy atom. The summed E-state index contributed by atoms with van der Waals surface area (Å²) >= 11 is 1.40. The number of nitrogens with two attached hydrogens (primary N) is 1. The second kappa shape index (κ2) is 5.61. The monoisotopic (exact) mass is 305 g/mol. The second-order valence-corrected chi connectivity index (χ2v) is 6.72. The molecule has 0 saturated heterocycles. The number of benzene rings is 1. The molecule has 0 unspecified atom stereocenters. The van der Waals surface area contributed by atoms with Gasteiger partial charge in [0.2, 0.25) is 0 Å². The van der Waals surface area contributed by atoms with Crippen LogP contribution in [0.3, 0.4) is 0 Å². The van der Waals surface area contributed by atoms with Gasteiger partial charge in [0.15, 0.2) is 5.13 Å². The van der Waals surface area contributed by atoms with Crippen molar-refractivity contribution in [3.63, 3.8) is 0 Å². The average Bonchev–Trinajstić information content (AvgIpc) is 3.15. The fourth-order valence-electron chi connectivity index (χ4n) is 2.46. The van der Waals surface area contributed by atoms with Crippen LogP contribution in [0, 0.1) is 5.41 Å². The first kappa shape index (κ1) is 14.3. The van der Waals surface area contributed by atoms with Gasteiger partial charge in [0.25, 0.3) is 5.91 Å². The summed E-state index contributed by atoms with van der Waals surface area (Å²) in [5.74, 6) is -0.0347. The summed E-state index contributed by atoms with van der Waals surface area (Å²) in [4.78, 5) is 16.4. The average molecular weight is 305 g/mol. The minimum Gasteiger partial charge on any atom is -0.385 e. The second-order valence-electron chi connectivity index (χ2n) is 5.66. The van der Waals surface area contributed by atoms with Gasteiger partial charge in [-0.2, -0.15) is 0 Å². The third-order valence-corrected chi connectivity index (χ3v) is 4.93. The first-order chi connectivity index (χ1) is 10.1. The van der Waals surface area contributed by atoms with Crippen molar-refractivity contribution in [1.82, 2.24) is 10.3 Å². The van der Waals surface area contributed by atoms with Crippen molar-refractivity contribution in [3.8, 4) is 0 Å². The van der Waals surface area contributed by atoms with Crippen LogP contribution in [0.4, 0.5) is 5.13 Å². The molecule has 0 atom stereocenters. The zero-order chi connectivity index (χ0) is 14.9. The van der Waals surface area contributed by atoms with Crippen LogP contribution in [0.2, 0.25) is 0 Å². The number of nitrogen functional groups attached to an aromatic ring is 1. The fraction of sp³-hybridized carbons (Fsp3) is 0.467. The van der Waals surface area contributed by atoms with Gasteiger partial charge in [-0.3, -0.25) is 4.79 Å². The Hall–Kier alpha value is -1.66. The lowest BCUT2D eigenvalue weighted by molar-refractivity contribution is 0.0938. The number of methoxy groups -OCH3 is 1. The number of carbonyl (C=O) groups excluding carboxylic acids is 1. The number of fused-ring (bicyclic) bond motifs is 1. The molecule has 1 heterocycles. The molecule has 1 aliphatic carbocycles. The van der Waals surface area contributed by atoms with Crippen molar-refractivity contribution < 1.29 is 9.53 Å². The van der Waals surface area contributed by atoms with Crippen molar-refractivity contribution in [2.24, 2.45) is 5.41 Å². The first-order valence-corrected chi connectivity index (χ1v) is 7.87. The number of anilines is 1. The van der Waals surface area contributed by atoms with E-state index in [1.54, 1.807) is 13.2 Å². The predicted octanol–water partition coefficient (Wildman–Crippen LogP) is 2.43. The van der Waals surface area contributed by atoms with Crippen LogP contribution in [0.25, 0.3) is 10.2 Å². The Labute approximate surface area is 127 Å². The van der Waals surface area contributed by atoms with Gasteiger partial charge in [-0.05, 0) is 42.9 Å². The molecule has 3 rings (SSSR count). The van der Waals surface area contributed by atoms with Crippen LogP contribution in [-0.4, -0.2) is 31.2 Å². The third kappa shape index (κ3) is 3.16. The molecule has 6 heteroatoms. The molecule has 1 amide bonds. The van der Waals surface area contributed by atoms with Gasteiger partial charge in [-0.1, -0.05) is 11.3 Å². The molecule has 0 radical (unpaired) electrons. The number of nitrogens with zero attached hydrogens (tertiary/aromatic N) is 1. The lowest BCUT2D eigenvalue weighted by Gasteiger charge is -2.15. The summed E-state index contributed by atoms with van der Waals surface area (Å²) in [5.41, 5.74) is 7.44. The Morgan fingerprint density at radius 2 is 2.33 bits per heavy atom. The standard InChI is InChI=1S/C15H19N3O2S/c1-20-7-6-15(4-5-15)9-17-13(19)10-2-3-11-12(8-10)21-14(16)18-11/h2-3,8H,4-7,9H2,1H3,(H2,16,18)(H,17,19). The molecule has 0 bridgehead atoms. The van der Waals surface area contributed by atoms with E-state index in [1.807, 2.05) is 12.1 Å². The first-order valence-electron chi connectivity index (χ1n) is 7.05. The van der Waals surface area contributed by atoms with E-state index >= 15 is 0 Å². The summed E-state index contributed by atoms with van der Waals surface area (Å²) in [6.45, 7) is 1.47. The number of nitrogens with one attached hydrogen (secondary N) is 1. The van der Waals surface area contributed by atoms with E-state index in [1.165, 1.54) is 24.2 Å². The predicted molar refractivity (Wildman–Crippen MR) is 84.5 cm³/mol. The minimum atomic E-state index is -0.0347. The molecule has 0 spiro atoms. The number of thiazole rings is 1. The zero-order valence-electron chi connectivity index (χ0n) is 12.0. The van der Waals surface area contributed by atoms with E-state index < -0.39 is 0 Å². The zero-order valence-corrected chi connectivity index (χ0v) is 12.8. The number of carbonyl (C=O) groups is 1. The summed E-state index contributed by atoms with van der Waals surface area (Å²) in [5, 5.41) is 3.57. The summed E-state index contributed by atoms with van der Waals surface area (Å²) in [6, 6.07) is 5.49. The van der Waals surface area contributed by atoms with E-state index in [0.29, 0.717) is 10.7 Å². The minimum absolute atomic E-state index is 0.0347. The van der Waals surface area contributed by atoms with Crippen LogP contribution in [0.15, 0.2) is 18.2 Å². The molecule has 1 fully saturated rings. The highest BCUT2D eigenvalue weighted by Gasteiger charge is 2.42. The maximum Gasteiger partial charge on any atom is 0.251 e. The fourth-order valence-corrected chi connectivity index (χ4v) is 3.24. The van der Waals surface area contributed by atoms with E-state index in [4.69, 9.17) is 10.5 Å². The Bertz CT molecular complexity index is 664. The summed E-state index contributed by atoms with van der Waals surface area (Å²) in [6.07, 6.45) is 3.34. The van der Waals surface area contributed by atoms with Crippen LogP contribution in [0.5, 0.6) is 0 Å². The molecule has 1 aliphatic rings. The van der Waals surface area contributed by atoms with Gasteiger partial charge in [0.05, 0.1) is 10.2 Å². The summed E-state index contributed by atoms with van der Waals surface area (Å²) in [7, 11) is 1.71. The van der Waals surface area contributed by atoms with Gasteiger partial charge in [-0.25, -0.2) is 4.98 Å². The molecule has 1 saturated carbocycles. The molecule has 21 heavy (non-hydrogen) atoms. The lowest BCUT2D eigenvalue weighted by atomic mass is 10.0. The third-order valence-electron chi connectivity index (χ3n) is 4.08. The molecule has 5 nitrogen and oxygen atoms in total. The SMILES string of the molecule is COCCC1(CNC(=O)c2ccc3nc(N)sc3c2)CC1. The van der Waals surface area contributed by atoms with Crippen molar-refractivity contribution in [2.75, 3.05) is 26.0 Å². The van der Waals surface area contributed by atoms with Gasteiger partial charge < -0.3 is 15.8 Å². The highest BCUT2D eigenvalue weighted by molar-refractivity contribution is 7.22. The van der Waals surface area contributed by atoms with E-state index in [0.717, 1.165) is 29.8 Å². The van der Waals surface area contributed by atoms with Gasteiger partial charge in [-0.15, -0.1) is 0 Å². The van der Waals surface area contributed by atoms with Crippen LogP contribution in [0.1, 0.15) is 29.6 Å². The van der Waals surface area contributed by atoms with Crippen molar-refractivity contribution >= 4 is 32.6 Å². The molecule has 3 N–H and O–H groups in total. The smallest absolute Gasteiger partial charge is 0.251 e. The van der Waals surface area contributed by atoms with Crippen LogP contribution < -0.4 is 11.1 Å². The maximum atomic E-state index is 12.3. The van der Waals surface area contributed by atoms with E-state index in [-0.39, 0.29) is 11.3 Å². The lowest BCUT2D eigenvalue weighted by Crippen LogP contribution is -2.30. The molecule has 1 aromatic heterocycles. The summed E-state index contributed by atoms with van der Waals surface area (Å²) < 4.78 is 6.07. The highest BCUT2D eigenvalue weighted by atomic mass is 32.1. The normalized spacial score (nSPS) is 16.0. The molecule has 112 valence electrons. The molecular formula is C15H19N3O2S.